The second kappa shape index (κ2) is 4.91. The van der Waals surface area contributed by atoms with E-state index in [9.17, 15) is 0 Å². The summed E-state index contributed by atoms with van der Waals surface area (Å²) in [6, 6.07) is 5.73. The summed E-state index contributed by atoms with van der Waals surface area (Å²) >= 11 is 0. The zero-order chi connectivity index (χ0) is 12.3. The van der Waals surface area contributed by atoms with Crippen molar-refractivity contribution in [2.24, 2.45) is 0 Å². The Morgan fingerprint density at radius 1 is 1.41 bits per heavy atom. The van der Waals surface area contributed by atoms with Crippen LogP contribution in [0.2, 0.25) is 0 Å². The third-order valence-electron chi connectivity index (χ3n) is 2.77. The molecule has 2 N–H and O–H groups in total. The van der Waals surface area contributed by atoms with Gasteiger partial charge in [0.05, 0.1) is 13.7 Å². The van der Waals surface area contributed by atoms with Gasteiger partial charge in [-0.1, -0.05) is 13.0 Å². The van der Waals surface area contributed by atoms with Gasteiger partial charge in [-0.15, -0.1) is 0 Å². The van der Waals surface area contributed by atoms with E-state index in [0.717, 1.165) is 30.1 Å². The molecule has 0 spiro atoms. The first-order chi connectivity index (χ1) is 8.24. The summed E-state index contributed by atoms with van der Waals surface area (Å²) in [7, 11) is 1.66. The standard InChI is InChI=1S/C13H17N3O/c1-3-13-15-6-7-16(13)9-10-4-5-11(14)8-12(10)17-2/h4-8H,3,9,14H2,1-2H3. The van der Waals surface area contributed by atoms with Crippen LogP contribution in [0.15, 0.2) is 30.6 Å². The summed E-state index contributed by atoms with van der Waals surface area (Å²) in [5.41, 5.74) is 7.55. The van der Waals surface area contributed by atoms with E-state index >= 15 is 0 Å². The van der Waals surface area contributed by atoms with Crippen molar-refractivity contribution in [3.8, 4) is 5.75 Å². The quantitative estimate of drug-likeness (QED) is 0.820. The Labute approximate surface area is 101 Å². The van der Waals surface area contributed by atoms with Crippen LogP contribution in [0.4, 0.5) is 5.69 Å². The molecule has 1 aromatic heterocycles. The third kappa shape index (κ3) is 2.41. The van der Waals surface area contributed by atoms with Crippen LogP contribution in [0.3, 0.4) is 0 Å². The summed E-state index contributed by atoms with van der Waals surface area (Å²) in [6.07, 6.45) is 4.72. The predicted octanol–water partition coefficient (Wildman–Crippen LogP) is 2.08. The number of aromatic nitrogens is 2. The van der Waals surface area contributed by atoms with E-state index in [-0.39, 0.29) is 0 Å². The van der Waals surface area contributed by atoms with Crippen LogP contribution in [0, 0.1) is 0 Å². The highest BCUT2D eigenvalue weighted by Crippen LogP contribution is 2.22. The molecule has 1 aromatic carbocycles. The Bertz CT molecular complexity index is 505. The molecule has 90 valence electrons. The van der Waals surface area contributed by atoms with Crippen molar-refractivity contribution in [1.82, 2.24) is 9.55 Å². The van der Waals surface area contributed by atoms with Crippen molar-refractivity contribution in [3.05, 3.63) is 42.0 Å². The van der Waals surface area contributed by atoms with Gasteiger partial charge in [0.1, 0.15) is 11.6 Å². The van der Waals surface area contributed by atoms with Gasteiger partial charge in [-0.2, -0.15) is 0 Å². The number of rotatable bonds is 4. The molecule has 0 radical (unpaired) electrons. The molecule has 2 aromatic rings. The molecule has 0 aliphatic heterocycles. The molecular formula is C13H17N3O. The van der Waals surface area contributed by atoms with Gasteiger partial charge in [0.15, 0.2) is 0 Å². The topological polar surface area (TPSA) is 53.1 Å². The number of aryl methyl sites for hydroxylation is 1. The zero-order valence-electron chi connectivity index (χ0n) is 10.2. The molecule has 4 nitrogen and oxygen atoms in total. The summed E-state index contributed by atoms with van der Waals surface area (Å²) in [5, 5.41) is 0. The fraction of sp³-hybridized carbons (Fsp3) is 0.308. The number of nitrogens with zero attached hydrogens (tertiary/aromatic N) is 2. The molecule has 17 heavy (non-hydrogen) atoms. The Balaban J connectivity index is 2.29. The highest BCUT2D eigenvalue weighted by atomic mass is 16.5. The van der Waals surface area contributed by atoms with Crippen LogP contribution in [-0.4, -0.2) is 16.7 Å². The van der Waals surface area contributed by atoms with Gasteiger partial charge in [-0.25, -0.2) is 4.98 Å². The first-order valence-electron chi connectivity index (χ1n) is 5.67. The van der Waals surface area contributed by atoms with Gasteiger partial charge in [0, 0.05) is 36.1 Å². The van der Waals surface area contributed by atoms with E-state index in [1.165, 1.54) is 0 Å². The van der Waals surface area contributed by atoms with Crippen LogP contribution in [0.1, 0.15) is 18.3 Å². The molecule has 0 aliphatic rings. The number of anilines is 1. The molecule has 0 fully saturated rings. The monoisotopic (exact) mass is 231 g/mol. The zero-order valence-corrected chi connectivity index (χ0v) is 10.2. The molecule has 0 bridgehead atoms. The van der Waals surface area contributed by atoms with Crippen LogP contribution < -0.4 is 10.5 Å². The van der Waals surface area contributed by atoms with Gasteiger partial charge < -0.3 is 15.0 Å². The first-order valence-corrected chi connectivity index (χ1v) is 5.67. The number of ether oxygens (including phenoxy) is 1. The normalized spacial score (nSPS) is 10.5. The SMILES string of the molecule is CCc1nccn1Cc1ccc(N)cc1OC. The fourth-order valence-corrected chi connectivity index (χ4v) is 1.87. The molecule has 0 saturated heterocycles. The second-order valence-electron chi connectivity index (χ2n) is 3.90. The van der Waals surface area contributed by atoms with Gasteiger partial charge in [0.2, 0.25) is 0 Å². The molecule has 0 aliphatic carbocycles. The van der Waals surface area contributed by atoms with Crippen LogP contribution in [0.25, 0.3) is 0 Å². The number of imidazole rings is 1. The van der Waals surface area contributed by atoms with Gasteiger partial charge in [-0.05, 0) is 6.07 Å². The van der Waals surface area contributed by atoms with E-state index in [0.29, 0.717) is 5.69 Å². The average molecular weight is 231 g/mol. The van der Waals surface area contributed by atoms with E-state index in [1.54, 1.807) is 7.11 Å². The molecule has 1 heterocycles. The highest BCUT2D eigenvalue weighted by Gasteiger charge is 2.06. The number of hydrogen-bond donors (Lipinski definition) is 1. The van der Waals surface area contributed by atoms with Crippen molar-refractivity contribution in [3.63, 3.8) is 0 Å². The van der Waals surface area contributed by atoms with Crippen LogP contribution in [-0.2, 0) is 13.0 Å². The Kier molecular flexibility index (Phi) is 3.32. The van der Waals surface area contributed by atoms with Crippen LogP contribution >= 0.6 is 0 Å². The lowest BCUT2D eigenvalue weighted by molar-refractivity contribution is 0.408. The van der Waals surface area contributed by atoms with E-state index in [2.05, 4.69) is 16.5 Å². The van der Waals surface area contributed by atoms with E-state index in [1.807, 2.05) is 30.6 Å². The summed E-state index contributed by atoms with van der Waals surface area (Å²) in [6.45, 7) is 2.85. The van der Waals surface area contributed by atoms with Gasteiger partial charge in [0.25, 0.3) is 0 Å². The summed E-state index contributed by atoms with van der Waals surface area (Å²) in [4.78, 5) is 4.30. The lowest BCUT2D eigenvalue weighted by Gasteiger charge is -2.11. The van der Waals surface area contributed by atoms with Gasteiger partial charge >= 0.3 is 0 Å². The Hall–Kier alpha value is -1.97. The molecule has 2 rings (SSSR count). The summed E-state index contributed by atoms with van der Waals surface area (Å²) in [5.74, 6) is 1.89. The van der Waals surface area contributed by atoms with Crippen molar-refractivity contribution in [2.45, 2.75) is 19.9 Å². The number of benzene rings is 1. The average Bonchev–Trinajstić information content (AvgIpc) is 2.78. The number of methoxy groups -OCH3 is 1. The molecule has 0 saturated carbocycles. The smallest absolute Gasteiger partial charge is 0.125 e. The molecular weight excluding hydrogens is 214 g/mol. The van der Waals surface area contributed by atoms with E-state index in [4.69, 9.17) is 10.5 Å². The number of hydrogen-bond acceptors (Lipinski definition) is 3. The van der Waals surface area contributed by atoms with Crippen LogP contribution in [0.5, 0.6) is 5.75 Å². The predicted molar refractivity (Wildman–Crippen MR) is 68.1 cm³/mol. The van der Waals surface area contributed by atoms with E-state index < -0.39 is 0 Å². The maximum Gasteiger partial charge on any atom is 0.125 e. The first kappa shape index (κ1) is 11.5. The molecule has 0 amide bonds. The maximum atomic E-state index is 5.73. The third-order valence-corrected chi connectivity index (χ3v) is 2.77. The Morgan fingerprint density at radius 2 is 2.24 bits per heavy atom. The minimum Gasteiger partial charge on any atom is -0.496 e. The number of nitrogens with two attached hydrogens (primary N) is 1. The van der Waals surface area contributed by atoms with Gasteiger partial charge in [-0.3, -0.25) is 0 Å². The lowest BCUT2D eigenvalue weighted by atomic mass is 10.1. The minimum atomic E-state index is 0.715. The van der Waals surface area contributed by atoms with Crippen molar-refractivity contribution < 1.29 is 4.74 Å². The minimum absolute atomic E-state index is 0.715. The number of nitrogen functional groups attached to an aromatic ring is 1. The molecule has 4 heteroatoms. The fourth-order valence-electron chi connectivity index (χ4n) is 1.87. The van der Waals surface area contributed by atoms with Crippen molar-refractivity contribution in [2.75, 3.05) is 12.8 Å². The lowest BCUT2D eigenvalue weighted by Crippen LogP contribution is -2.05. The van der Waals surface area contributed by atoms with Crippen molar-refractivity contribution >= 4 is 5.69 Å². The largest absolute Gasteiger partial charge is 0.496 e. The maximum absolute atomic E-state index is 5.73. The van der Waals surface area contributed by atoms with Crippen molar-refractivity contribution in [1.29, 1.82) is 0 Å². The molecule has 0 atom stereocenters. The molecule has 0 unspecified atom stereocenters. The highest BCUT2D eigenvalue weighted by molar-refractivity contribution is 5.48. The second-order valence-corrected chi connectivity index (χ2v) is 3.90. The Morgan fingerprint density at radius 3 is 2.94 bits per heavy atom. The summed E-state index contributed by atoms with van der Waals surface area (Å²) < 4.78 is 7.45.